The van der Waals surface area contributed by atoms with Crippen molar-refractivity contribution < 1.29 is 14.3 Å². The molecule has 1 amide bonds. The van der Waals surface area contributed by atoms with Gasteiger partial charge < -0.3 is 15.4 Å². The lowest BCUT2D eigenvalue weighted by atomic mass is 10.1. The third kappa shape index (κ3) is 5.11. The maximum atomic E-state index is 11.9. The Hall–Kier alpha value is -1.10. The predicted octanol–water partition coefficient (Wildman–Crippen LogP) is 0.525. The van der Waals surface area contributed by atoms with Crippen molar-refractivity contribution >= 4 is 11.9 Å². The fourth-order valence-electron chi connectivity index (χ4n) is 1.43. The van der Waals surface area contributed by atoms with Gasteiger partial charge >= 0.3 is 5.97 Å². The second-order valence-electron chi connectivity index (χ2n) is 3.73. The Labute approximate surface area is 96.9 Å². The Balaban J connectivity index is 4.38. The number of hydrogen-bond donors (Lipinski definition) is 1. The Morgan fingerprint density at radius 3 is 2.38 bits per heavy atom. The van der Waals surface area contributed by atoms with Gasteiger partial charge in [0, 0.05) is 6.54 Å². The fraction of sp³-hybridized carbons (Fsp3) is 0.818. The van der Waals surface area contributed by atoms with Gasteiger partial charge in [-0.15, -0.1) is 0 Å². The number of rotatable bonds is 7. The van der Waals surface area contributed by atoms with Crippen LogP contribution < -0.4 is 5.73 Å². The molecule has 0 fully saturated rings. The van der Waals surface area contributed by atoms with Crippen LogP contribution in [0.5, 0.6) is 0 Å². The van der Waals surface area contributed by atoms with E-state index < -0.39 is 12.0 Å². The molecule has 0 bridgehead atoms. The molecule has 0 aliphatic rings. The van der Waals surface area contributed by atoms with Crippen LogP contribution in [0.2, 0.25) is 0 Å². The van der Waals surface area contributed by atoms with Crippen molar-refractivity contribution in [3.8, 4) is 0 Å². The van der Waals surface area contributed by atoms with Gasteiger partial charge in [-0.1, -0.05) is 20.3 Å². The van der Waals surface area contributed by atoms with Crippen LogP contribution in [0.4, 0.5) is 0 Å². The summed E-state index contributed by atoms with van der Waals surface area (Å²) in [5.74, 6) is -0.584. The summed E-state index contributed by atoms with van der Waals surface area (Å²) in [7, 11) is 1.31. The summed E-state index contributed by atoms with van der Waals surface area (Å²) < 4.78 is 4.54. The minimum absolute atomic E-state index is 0.0133. The lowest BCUT2D eigenvalue weighted by Gasteiger charge is -2.23. The third-order valence-electron chi connectivity index (χ3n) is 2.27. The highest BCUT2D eigenvalue weighted by molar-refractivity contribution is 5.85. The number of nitrogens with two attached hydrogens (primary N) is 1. The Kier molecular flexibility index (Phi) is 7.54. The van der Waals surface area contributed by atoms with Gasteiger partial charge in [0.15, 0.2) is 0 Å². The van der Waals surface area contributed by atoms with Gasteiger partial charge in [0.05, 0.1) is 13.2 Å². The van der Waals surface area contributed by atoms with Gasteiger partial charge in [0.25, 0.3) is 0 Å². The van der Waals surface area contributed by atoms with Crippen LogP contribution in [0.15, 0.2) is 0 Å². The van der Waals surface area contributed by atoms with Crippen LogP contribution in [0, 0.1) is 0 Å². The Morgan fingerprint density at radius 1 is 1.31 bits per heavy atom. The van der Waals surface area contributed by atoms with Crippen molar-refractivity contribution in [2.45, 2.75) is 39.2 Å². The quantitative estimate of drug-likeness (QED) is 0.647. The van der Waals surface area contributed by atoms with Gasteiger partial charge in [-0.3, -0.25) is 9.59 Å². The summed E-state index contributed by atoms with van der Waals surface area (Å²) in [6.07, 6.45) is 2.28. The number of nitrogens with zero attached hydrogens (tertiary/aromatic N) is 1. The topological polar surface area (TPSA) is 72.6 Å². The van der Waals surface area contributed by atoms with E-state index in [0.717, 1.165) is 12.8 Å². The first-order valence-corrected chi connectivity index (χ1v) is 5.67. The van der Waals surface area contributed by atoms with Crippen molar-refractivity contribution in [2.24, 2.45) is 5.73 Å². The first-order valence-electron chi connectivity index (χ1n) is 5.67. The van der Waals surface area contributed by atoms with Gasteiger partial charge in [-0.2, -0.15) is 0 Å². The summed E-state index contributed by atoms with van der Waals surface area (Å²) in [6, 6.07) is -0.513. The first kappa shape index (κ1) is 14.9. The van der Waals surface area contributed by atoms with E-state index in [-0.39, 0.29) is 12.5 Å². The second-order valence-corrected chi connectivity index (χ2v) is 3.73. The molecular formula is C11H22N2O3. The predicted molar refractivity (Wildman–Crippen MR) is 61.8 cm³/mol. The minimum atomic E-state index is -0.513. The van der Waals surface area contributed by atoms with Gasteiger partial charge in [0.1, 0.15) is 6.54 Å². The van der Waals surface area contributed by atoms with Crippen molar-refractivity contribution in [1.82, 2.24) is 4.90 Å². The molecule has 5 heteroatoms. The number of carbonyl (C=O) groups is 2. The summed E-state index contributed by atoms with van der Waals surface area (Å²) in [4.78, 5) is 24.5. The van der Waals surface area contributed by atoms with Gasteiger partial charge in [-0.25, -0.2) is 0 Å². The molecule has 0 heterocycles. The number of hydrogen-bond acceptors (Lipinski definition) is 4. The molecule has 0 saturated carbocycles. The number of esters is 1. The average molecular weight is 230 g/mol. The van der Waals surface area contributed by atoms with Crippen LogP contribution in [0.1, 0.15) is 33.1 Å². The third-order valence-corrected chi connectivity index (χ3v) is 2.27. The van der Waals surface area contributed by atoms with E-state index >= 15 is 0 Å². The number of amides is 1. The van der Waals surface area contributed by atoms with Crippen LogP contribution in [-0.4, -0.2) is 43.0 Å². The van der Waals surface area contributed by atoms with E-state index in [1.807, 2.05) is 13.8 Å². The summed E-state index contributed by atoms with van der Waals surface area (Å²) in [6.45, 7) is 4.44. The van der Waals surface area contributed by atoms with E-state index in [4.69, 9.17) is 5.73 Å². The van der Waals surface area contributed by atoms with E-state index in [2.05, 4.69) is 4.74 Å². The molecule has 1 atom stereocenters. The second kappa shape index (κ2) is 8.10. The summed E-state index contributed by atoms with van der Waals surface area (Å²) >= 11 is 0. The summed E-state index contributed by atoms with van der Waals surface area (Å²) in [5.41, 5.74) is 5.73. The molecule has 0 spiro atoms. The molecule has 0 aromatic rings. The van der Waals surface area contributed by atoms with Crippen LogP contribution in [0.25, 0.3) is 0 Å². The molecule has 0 aliphatic heterocycles. The highest BCUT2D eigenvalue weighted by atomic mass is 16.5. The van der Waals surface area contributed by atoms with Crippen LogP contribution in [0.3, 0.4) is 0 Å². The normalized spacial score (nSPS) is 12.0. The maximum absolute atomic E-state index is 11.9. The zero-order chi connectivity index (χ0) is 12.6. The monoisotopic (exact) mass is 230 g/mol. The number of carbonyl (C=O) groups excluding carboxylic acids is 2. The smallest absolute Gasteiger partial charge is 0.325 e. The van der Waals surface area contributed by atoms with E-state index in [9.17, 15) is 9.59 Å². The molecule has 0 aromatic carbocycles. The summed E-state index contributed by atoms with van der Waals surface area (Å²) in [5, 5.41) is 0. The standard InChI is InChI=1S/C11H22N2O3/c1-4-6-9(12)11(15)13(7-5-2)8-10(14)16-3/h9H,4-8,12H2,1-3H3. The molecule has 16 heavy (non-hydrogen) atoms. The molecule has 0 aromatic heterocycles. The van der Waals surface area contributed by atoms with E-state index in [1.165, 1.54) is 12.0 Å². The van der Waals surface area contributed by atoms with E-state index in [1.54, 1.807) is 0 Å². The first-order chi connectivity index (χ1) is 7.56. The van der Waals surface area contributed by atoms with Gasteiger partial charge in [0.2, 0.25) is 5.91 Å². The SMILES string of the molecule is CCCC(N)C(=O)N(CCC)CC(=O)OC. The zero-order valence-corrected chi connectivity index (χ0v) is 10.4. The molecule has 5 nitrogen and oxygen atoms in total. The van der Waals surface area contributed by atoms with Crippen molar-refractivity contribution in [1.29, 1.82) is 0 Å². The average Bonchev–Trinajstić information content (AvgIpc) is 2.27. The largest absolute Gasteiger partial charge is 0.468 e. The highest BCUT2D eigenvalue weighted by Crippen LogP contribution is 2.01. The molecule has 0 saturated heterocycles. The molecule has 0 aliphatic carbocycles. The van der Waals surface area contributed by atoms with Gasteiger partial charge in [-0.05, 0) is 12.8 Å². The Bertz CT molecular complexity index is 231. The molecule has 1 unspecified atom stereocenters. The molecule has 94 valence electrons. The Morgan fingerprint density at radius 2 is 1.94 bits per heavy atom. The fourth-order valence-corrected chi connectivity index (χ4v) is 1.43. The molecule has 2 N–H and O–H groups in total. The molecular weight excluding hydrogens is 208 g/mol. The molecule has 0 radical (unpaired) electrons. The van der Waals surface area contributed by atoms with Crippen molar-refractivity contribution in [3.05, 3.63) is 0 Å². The number of methoxy groups -OCH3 is 1. The minimum Gasteiger partial charge on any atom is -0.468 e. The lowest BCUT2D eigenvalue weighted by Crippen LogP contribution is -2.46. The lowest BCUT2D eigenvalue weighted by molar-refractivity contribution is -0.147. The maximum Gasteiger partial charge on any atom is 0.325 e. The van der Waals surface area contributed by atoms with Crippen molar-refractivity contribution in [3.63, 3.8) is 0 Å². The van der Waals surface area contributed by atoms with Crippen LogP contribution >= 0.6 is 0 Å². The highest BCUT2D eigenvalue weighted by Gasteiger charge is 2.21. The number of ether oxygens (including phenoxy) is 1. The van der Waals surface area contributed by atoms with E-state index in [0.29, 0.717) is 13.0 Å². The van der Waals surface area contributed by atoms with Crippen molar-refractivity contribution in [2.75, 3.05) is 20.2 Å². The zero-order valence-electron chi connectivity index (χ0n) is 10.4. The molecule has 0 rings (SSSR count). The van der Waals surface area contributed by atoms with Crippen LogP contribution in [-0.2, 0) is 14.3 Å².